The molecule has 2 amide bonds. The molecule has 0 radical (unpaired) electrons. The van der Waals surface area contributed by atoms with E-state index < -0.39 is 48.1 Å². The van der Waals surface area contributed by atoms with E-state index in [0.29, 0.717) is 16.6 Å². The molecule has 0 saturated heterocycles. The summed E-state index contributed by atoms with van der Waals surface area (Å²) >= 11 is 0. The fraction of sp³-hybridized carbons (Fsp3) is 0.259. The van der Waals surface area contributed by atoms with Gasteiger partial charge in [-0.3, -0.25) is 9.59 Å². The van der Waals surface area contributed by atoms with Crippen LogP contribution >= 0.6 is 0 Å². The second-order valence-electron chi connectivity index (χ2n) is 9.61. The molecule has 0 aliphatic carbocycles. The third-order valence-corrected chi connectivity index (χ3v) is 6.80. The Balaban J connectivity index is 1.54. The van der Waals surface area contributed by atoms with E-state index >= 15 is 0 Å². The van der Waals surface area contributed by atoms with Crippen molar-refractivity contribution in [3.63, 3.8) is 0 Å². The number of nitrogens with two attached hydrogens (primary N) is 1. The molecule has 4 heterocycles. The van der Waals surface area contributed by atoms with Gasteiger partial charge in [0.1, 0.15) is 40.6 Å². The van der Waals surface area contributed by atoms with Gasteiger partial charge in [0.2, 0.25) is 5.91 Å². The van der Waals surface area contributed by atoms with Crippen LogP contribution in [0.1, 0.15) is 41.0 Å². The van der Waals surface area contributed by atoms with Gasteiger partial charge in [0.15, 0.2) is 0 Å². The zero-order chi connectivity index (χ0) is 27.9. The number of pyridine rings is 2. The van der Waals surface area contributed by atoms with E-state index in [1.54, 1.807) is 24.4 Å². The zero-order valence-corrected chi connectivity index (χ0v) is 20.6. The van der Waals surface area contributed by atoms with Gasteiger partial charge in [0.05, 0.1) is 6.42 Å². The number of alkyl halides is 3. The van der Waals surface area contributed by atoms with E-state index in [9.17, 15) is 27.2 Å². The van der Waals surface area contributed by atoms with Gasteiger partial charge in [-0.25, -0.2) is 14.4 Å². The van der Waals surface area contributed by atoms with Crippen molar-refractivity contribution in [3.05, 3.63) is 77.5 Å². The van der Waals surface area contributed by atoms with Gasteiger partial charge in [-0.15, -0.1) is 0 Å². The number of nitrogens with zero attached hydrogens (tertiary/aromatic N) is 2. The van der Waals surface area contributed by atoms with Gasteiger partial charge in [-0.05, 0) is 55.5 Å². The van der Waals surface area contributed by atoms with Crippen molar-refractivity contribution in [2.45, 2.75) is 30.9 Å². The summed E-state index contributed by atoms with van der Waals surface area (Å²) in [6, 6.07) is 11.5. The molecule has 0 bridgehead atoms. The van der Waals surface area contributed by atoms with Crippen LogP contribution in [0.4, 0.5) is 17.6 Å². The maximum absolute atomic E-state index is 13.7. The van der Waals surface area contributed by atoms with Gasteiger partial charge < -0.3 is 20.8 Å². The molecule has 8 nitrogen and oxygen atoms in total. The summed E-state index contributed by atoms with van der Waals surface area (Å²) in [4.78, 5) is 36.6. The molecule has 1 aromatic carbocycles. The van der Waals surface area contributed by atoms with Crippen molar-refractivity contribution < 1.29 is 31.9 Å². The van der Waals surface area contributed by atoms with E-state index in [0.717, 1.165) is 0 Å². The zero-order valence-electron chi connectivity index (χ0n) is 20.6. The van der Waals surface area contributed by atoms with Crippen LogP contribution in [0.15, 0.2) is 54.7 Å². The lowest BCUT2D eigenvalue weighted by atomic mass is 9.82. The molecule has 39 heavy (non-hydrogen) atoms. The molecule has 1 unspecified atom stereocenters. The summed E-state index contributed by atoms with van der Waals surface area (Å²) in [6.07, 6.45) is -4.35. The largest absolute Gasteiger partial charge is 0.489 e. The molecule has 4 N–H and O–H groups in total. The first kappa shape index (κ1) is 26.1. The fourth-order valence-electron chi connectivity index (χ4n) is 4.57. The molecule has 1 aliphatic heterocycles. The van der Waals surface area contributed by atoms with Crippen molar-refractivity contribution in [2.75, 3.05) is 13.2 Å². The fourth-order valence-corrected chi connectivity index (χ4v) is 4.57. The number of aromatic nitrogens is 3. The molecule has 3 aromatic heterocycles. The minimum atomic E-state index is -4.60. The number of primary amides is 1. The number of rotatable bonds is 7. The maximum atomic E-state index is 13.7. The van der Waals surface area contributed by atoms with Crippen LogP contribution in [0.2, 0.25) is 0 Å². The maximum Gasteiger partial charge on any atom is 0.389 e. The molecule has 12 heteroatoms. The molecular weight excluding hydrogens is 518 g/mol. The number of hydrogen-bond donors (Lipinski definition) is 3. The first-order valence-corrected chi connectivity index (χ1v) is 12.0. The monoisotopic (exact) mass is 541 g/mol. The summed E-state index contributed by atoms with van der Waals surface area (Å²) in [5, 5.41) is 3.22. The number of aromatic amines is 1. The number of hydrogen-bond acceptors (Lipinski definition) is 5. The van der Waals surface area contributed by atoms with Gasteiger partial charge in [-0.1, -0.05) is 0 Å². The average molecular weight is 542 g/mol. The number of fused-ring (bicyclic) bond motifs is 2. The number of amides is 2. The van der Waals surface area contributed by atoms with Crippen molar-refractivity contribution in [2.24, 2.45) is 5.73 Å². The van der Waals surface area contributed by atoms with Gasteiger partial charge >= 0.3 is 6.18 Å². The van der Waals surface area contributed by atoms with E-state index in [4.69, 9.17) is 10.5 Å². The highest BCUT2D eigenvalue weighted by Gasteiger charge is 2.44. The highest BCUT2D eigenvalue weighted by atomic mass is 19.4. The predicted octanol–water partition coefficient (Wildman–Crippen LogP) is 4.37. The highest BCUT2D eigenvalue weighted by Crippen LogP contribution is 2.46. The van der Waals surface area contributed by atoms with Crippen molar-refractivity contribution in [1.29, 1.82) is 0 Å². The van der Waals surface area contributed by atoms with E-state index in [1.807, 2.05) is 0 Å². The summed E-state index contributed by atoms with van der Waals surface area (Å²) in [5.41, 5.74) is 5.69. The number of carbonyl (C=O) groups is 2. The number of benzene rings is 1. The van der Waals surface area contributed by atoms with Crippen LogP contribution in [0.25, 0.3) is 22.3 Å². The van der Waals surface area contributed by atoms with Crippen LogP contribution in [0, 0.1) is 5.82 Å². The van der Waals surface area contributed by atoms with Crippen molar-refractivity contribution in [3.8, 4) is 17.0 Å². The SMILES string of the molecule is C[C@]1(C(N)=O)COc2c1cc(C(CNC(=O)c1cc3cccnc3[nH]1)CC(F)(F)F)nc2-c1ccc(F)cc1. The lowest BCUT2D eigenvalue weighted by molar-refractivity contribution is -0.138. The third-order valence-electron chi connectivity index (χ3n) is 6.80. The van der Waals surface area contributed by atoms with Crippen LogP contribution < -0.4 is 15.8 Å². The summed E-state index contributed by atoms with van der Waals surface area (Å²) in [5.74, 6) is -2.99. The van der Waals surface area contributed by atoms with E-state index in [-0.39, 0.29) is 35.0 Å². The van der Waals surface area contributed by atoms with Gasteiger partial charge in [-0.2, -0.15) is 13.2 Å². The van der Waals surface area contributed by atoms with Crippen molar-refractivity contribution in [1.82, 2.24) is 20.3 Å². The molecule has 1 aliphatic rings. The quantitative estimate of drug-likeness (QED) is 0.300. The minimum absolute atomic E-state index is 0.0259. The number of ether oxygens (including phenoxy) is 1. The number of halogens is 4. The lowest BCUT2D eigenvalue weighted by Gasteiger charge is -2.23. The number of carbonyl (C=O) groups excluding carboxylic acids is 2. The van der Waals surface area contributed by atoms with Crippen molar-refractivity contribution >= 4 is 22.8 Å². The van der Waals surface area contributed by atoms with Crippen LogP contribution in [-0.4, -0.2) is 46.1 Å². The Morgan fingerprint density at radius 3 is 2.62 bits per heavy atom. The molecule has 0 spiro atoms. The lowest BCUT2D eigenvalue weighted by Crippen LogP contribution is -2.40. The topological polar surface area (TPSA) is 123 Å². The molecule has 5 rings (SSSR count). The number of H-pyrrole nitrogens is 1. The first-order valence-electron chi connectivity index (χ1n) is 12.0. The number of nitrogens with one attached hydrogen (secondary N) is 2. The smallest absolute Gasteiger partial charge is 0.389 e. The van der Waals surface area contributed by atoms with Gasteiger partial charge in [0, 0.05) is 40.9 Å². The normalized spacial score (nSPS) is 17.5. The highest BCUT2D eigenvalue weighted by molar-refractivity contribution is 5.97. The Morgan fingerprint density at radius 1 is 1.21 bits per heavy atom. The first-order chi connectivity index (χ1) is 18.4. The standard InChI is InChI=1S/C27H23F4N5O3/c1-26(25(32)38)13-39-22-18(26)10-19(35-21(22)14-4-6-17(28)7-5-14)16(11-27(29,30)31)12-34-24(37)20-9-15-3-2-8-33-23(15)36-20/h2-10,16H,11-13H2,1H3,(H2,32,38)(H,33,36)(H,34,37)/t16?,26-/m0/s1. The van der Waals surface area contributed by atoms with E-state index in [1.165, 1.54) is 37.3 Å². The molecule has 2 atom stereocenters. The summed E-state index contributed by atoms with van der Waals surface area (Å²) in [6.45, 7) is 0.986. The minimum Gasteiger partial charge on any atom is -0.489 e. The summed E-state index contributed by atoms with van der Waals surface area (Å²) in [7, 11) is 0. The van der Waals surface area contributed by atoms with Crippen LogP contribution in [-0.2, 0) is 10.2 Å². The predicted molar refractivity (Wildman–Crippen MR) is 134 cm³/mol. The molecule has 202 valence electrons. The second-order valence-corrected chi connectivity index (χ2v) is 9.61. The molecular formula is C27H23F4N5O3. The molecule has 0 fully saturated rings. The molecule has 4 aromatic rings. The van der Waals surface area contributed by atoms with Crippen LogP contribution in [0.5, 0.6) is 5.75 Å². The Bertz CT molecular complexity index is 1540. The Labute approximate surface area is 219 Å². The van der Waals surface area contributed by atoms with Gasteiger partial charge in [0.25, 0.3) is 5.91 Å². The second kappa shape index (κ2) is 9.68. The Hall–Kier alpha value is -4.48. The summed E-state index contributed by atoms with van der Waals surface area (Å²) < 4.78 is 60.5. The van der Waals surface area contributed by atoms with Crippen LogP contribution in [0.3, 0.4) is 0 Å². The average Bonchev–Trinajstić information content (AvgIpc) is 3.48. The molecule has 0 saturated carbocycles. The van der Waals surface area contributed by atoms with E-state index in [2.05, 4.69) is 20.3 Å². The third kappa shape index (κ3) is 5.14. The Kier molecular flexibility index (Phi) is 6.49. The Morgan fingerprint density at radius 2 is 1.95 bits per heavy atom.